The number of hydrogen-bond acceptors (Lipinski definition) is 4. The van der Waals surface area contributed by atoms with Crippen LogP contribution in [-0.4, -0.2) is 23.2 Å². The monoisotopic (exact) mass is 328 g/mol. The van der Waals surface area contributed by atoms with Crippen LogP contribution >= 0.6 is 0 Å². The Kier molecular flexibility index (Phi) is 6.06. The predicted molar refractivity (Wildman–Crippen MR) is 94.9 cm³/mol. The summed E-state index contributed by atoms with van der Waals surface area (Å²) in [4.78, 5) is 10.7. The molecule has 2 aromatic rings. The number of nitrogens with one attached hydrogen (secondary N) is 1. The van der Waals surface area contributed by atoms with Crippen LogP contribution in [0.5, 0.6) is 0 Å². The zero-order valence-corrected chi connectivity index (χ0v) is 14.1. The molecule has 5 heteroatoms. The molecule has 0 radical (unpaired) electrons. The van der Waals surface area contributed by atoms with Gasteiger partial charge in [0, 0.05) is 25.3 Å². The van der Waals surface area contributed by atoms with Gasteiger partial charge in [0.05, 0.1) is 11.0 Å². The summed E-state index contributed by atoms with van der Waals surface area (Å²) in [5.41, 5.74) is 1.93. The van der Waals surface area contributed by atoms with Gasteiger partial charge in [0.2, 0.25) is 0 Å². The normalized spacial score (nSPS) is 12.8. The van der Waals surface area contributed by atoms with Gasteiger partial charge < -0.3 is 10.4 Å². The molecule has 1 unspecified atom stereocenters. The second kappa shape index (κ2) is 8.04. The molecular formula is C19H24N2O3. The van der Waals surface area contributed by atoms with E-state index in [1.807, 2.05) is 36.4 Å². The van der Waals surface area contributed by atoms with Crippen molar-refractivity contribution in [2.75, 3.05) is 13.2 Å². The number of nitro groups is 1. The highest BCUT2D eigenvalue weighted by atomic mass is 16.6. The molecule has 0 fully saturated rings. The zero-order valence-electron chi connectivity index (χ0n) is 14.1. The molecule has 0 saturated carbocycles. The highest BCUT2D eigenvalue weighted by molar-refractivity contribution is 5.40. The molecule has 0 aliphatic heterocycles. The molecule has 2 aromatic carbocycles. The van der Waals surface area contributed by atoms with E-state index in [9.17, 15) is 15.2 Å². The van der Waals surface area contributed by atoms with Gasteiger partial charge in [0.25, 0.3) is 5.69 Å². The smallest absolute Gasteiger partial charge is 0.269 e. The van der Waals surface area contributed by atoms with E-state index in [2.05, 4.69) is 19.2 Å². The third-order valence-electron chi connectivity index (χ3n) is 4.12. The molecule has 0 bridgehead atoms. The molecule has 5 nitrogen and oxygen atoms in total. The Morgan fingerprint density at radius 1 is 1.12 bits per heavy atom. The molecule has 0 spiro atoms. The number of nitrogens with zero attached hydrogens (tertiary/aromatic N) is 1. The van der Waals surface area contributed by atoms with Gasteiger partial charge in [0.1, 0.15) is 0 Å². The van der Waals surface area contributed by atoms with Gasteiger partial charge >= 0.3 is 0 Å². The van der Waals surface area contributed by atoms with E-state index in [1.54, 1.807) is 12.1 Å². The molecule has 0 heterocycles. The molecular weight excluding hydrogens is 304 g/mol. The molecule has 2 N–H and O–H groups in total. The van der Waals surface area contributed by atoms with Gasteiger partial charge in [-0.05, 0) is 23.0 Å². The standard InChI is InChI=1S/C19H24N2O3/c1-19(2,11-12-22)14-20-18(15-7-4-3-5-8-15)16-9-6-10-17(13-16)21(23)24/h3-10,13,18,20,22H,11-12,14H2,1-2H3. The molecule has 2 rings (SSSR count). The van der Waals surface area contributed by atoms with Crippen LogP contribution in [0.3, 0.4) is 0 Å². The van der Waals surface area contributed by atoms with Gasteiger partial charge in [-0.2, -0.15) is 0 Å². The number of aliphatic hydroxyl groups is 1. The molecule has 0 aliphatic carbocycles. The van der Waals surface area contributed by atoms with E-state index in [0.717, 1.165) is 11.1 Å². The van der Waals surface area contributed by atoms with E-state index in [1.165, 1.54) is 6.07 Å². The fourth-order valence-corrected chi connectivity index (χ4v) is 2.66. The van der Waals surface area contributed by atoms with Crippen LogP contribution in [-0.2, 0) is 0 Å². The fraction of sp³-hybridized carbons (Fsp3) is 0.368. The van der Waals surface area contributed by atoms with Gasteiger partial charge in [-0.25, -0.2) is 0 Å². The average Bonchev–Trinajstić information content (AvgIpc) is 2.56. The van der Waals surface area contributed by atoms with Crippen LogP contribution in [0.4, 0.5) is 5.69 Å². The van der Waals surface area contributed by atoms with Crippen molar-refractivity contribution in [3.05, 3.63) is 75.8 Å². The Labute approximate surface area is 142 Å². The number of rotatable bonds is 8. The Hall–Kier alpha value is -2.24. The molecule has 0 aliphatic rings. The van der Waals surface area contributed by atoms with Gasteiger partial charge in [0.15, 0.2) is 0 Å². The summed E-state index contributed by atoms with van der Waals surface area (Å²) in [6, 6.07) is 16.5. The highest BCUT2D eigenvalue weighted by Crippen LogP contribution is 2.27. The lowest BCUT2D eigenvalue weighted by Crippen LogP contribution is -2.33. The van der Waals surface area contributed by atoms with Crippen molar-refractivity contribution in [1.29, 1.82) is 0 Å². The van der Waals surface area contributed by atoms with Crippen LogP contribution in [0.2, 0.25) is 0 Å². The number of hydrogen-bond donors (Lipinski definition) is 2. The minimum Gasteiger partial charge on any atom is -0.396 e. The van der Waals surface area contributed by atoms with Gasteiger partial charge in [-0.3, -0.25) is 10.1 Å². The minimum atomic E-state index is -0.374. The van der Waals surface area contributed by atoms with Crippen LogP contribution < -0.4 is 5.32 Å². The highest BCUT2D eigenvalue weighted by Gasteiger charge is 2.22. The molecule has 24 heavy (non-hydrogen) atoms. The largest absolute Gasteiger partial charge is 0.396 e. The maximum Gasteiger partial charge on any atom is 0.269 e. The van der Waals surface area contributed by atoms with Crippen molar-refractivity contribution in [2.24, 2.45) is 5.41 Å². The summed E-state index contributed by atoms with van der Waals surface area (Å²) in [5, 5.41) is 23.8. The molecule has 0 aromatic heterocycles. The van der Waals surface area contributed by atoms with E-state index >= 15 is 0 Å². The summed E-state index contributed by atoms with van der Waals surface area (Å²) in [6.07, 6.45) is 0.691. The van der Waals surface area contributed by atoms with E-state index < -0.39 is 0 Å². The quantitative estimate of drug-likeness (QED) is 0.572. The van der Waals surface area contributed by atoms with Crippen LogP contribution in [0.15, 0.2) is 54.6 Å². The van der Waals surface area contributed by atoms with E-state index in [4.69, 9.17) is 0 Å². The van der Waals surface area contributed by atoms with Gasteiger partial charge in [-0.15, -0.1) is 0 Å². The Morgan fingerprint density at radius 2 is 1.79 bits per heavy atom. The Morgan fingerprint density at radius 3 is 2.42 bits per heavy atom. The first kappa shape index (κ1) is 18.1. The lowest BCUT2D eigenvalue weighted by molar-refractivity contribution is -0.384. The Balaban J connectivity index is 2.30. The molecule has 128 valence electrons. The fourth-order valence-electron chi connectivity index (χ4n) is 2.66. The maximum absolute atomic E-state index is 11.1. The summed E-state index contributed by atoms with van der Waals surface area (Å²) in [5.74, 6) is 0. The third kappa shape index (κ3) is 4.88. The second-order valence-electron chi connectivity index (χ2n) is 6.71. The summed E-state index contributed by atoms with van der Waals surface area (Å²) >= 11 is 0. The maximum atomic E-state index is 11.1. The first-order valence-corrected chi connectivity index (χ1v) is 8.06. The SMILES string of the molecule is CC(C)(CCO)CNC(c1ccccc1)c1cccc([N+](=O)[O-])c1. The summed E-state index contributed by atoms with van der Waals surface area (Å²) in [7, 11) is 0. The van der Waals surface area contributed by atoms with Crippen molar-refractivity contribution >= 4 is 5.69 Å². The van der Waals surface area contributed by atoms with Gasteiger partial charge in [-0.1, -0.05) is 56.3 Å². The minimum absolute atomic E-state index is 0.0670. The third-order valence-corrected chi connectivity index (χ3v) is 4.12. The topological polar surface area (TPSA) is 75.4 Å². The molecule has 0 saturated heterocycles. The second-order valence-corrected chi connectivity index (χ2v) is 6.71. The van der Waals surface area contributed by atoms with Crippen molar-refractivity contribution in [3.8, 4) is 0 Å². The first-order valence-electron chi connectivity index (χ1n) is 8.06. The average molecular weight is 328 g/mol. The summed E-state index contributed by atoms with van der Waals surface area (Å²) in [6.45, 7) is 5.01. The van der Waals surface area contributed by atoms with E-state index in [0.29, 0.717) is 13.0 Å². The predicted octanol–water partition coefficient (Wildman–Crippen LogP) is 3.68. The number of aliphatic hydroxyl groups excluding tert-OH is 1. The van der Waals surface area contributed by atoms with Crippen LogP contribution in [0.25, 0.3) is 0 Å². The van der Waals surface area contributed by atoms with Crippen LogP contribution in [0.1, 0.15) is 37.4 Å². The van der Waals surface area contributed by atoms with E-state index in [-0.39, 0.29) is 28.7 Å². The molecule has 1 atom stereocenters. The number of benzene rings is 2. The number of nitro benzene ring substituents is 1. The zero-order chi connectivity index (χ0) is 17.6. The number of non-ortho nitro benzene ring substituents is 1. The lowest BCUT2D eigenvalue weighted by Gasteiger charge is -2.28. The van der Waals surface area contributed by atoms with Crippen molar-refractivity contribution in [1.82, 2.24) is 5.32 Å². The molecule has 0 amide bonds. The first-order chi connectivity index (χ1) is 11.4. The summed E-state index contributed by atoms with van der Waals surface area (Å²) < 4.78 is 0. The van der Waals surface area contributed by atoms with Crippen LogP contribution in [0, 0.1) is 15.5 Å². The van der Waals surface area contributed by atoms with Crippen molar-refractivity contribution < 1.29 is 10.0 Å². The Bertz CT molecular complexity index is 671. The van der Waals surface area contributed by atoms with Crippen molar-refractivity contribution in [3.63, 3.8) is 0 Å². The lowest BCUT2D eigenvalue weighted by atomic mass is 9.88. The van der Waals surface area contributed by atoms with Crippen molar-refractivity contribution in [2.45, 2.75) is 26.3 Å².